The summed E-state index contributed by atoms with van der Waals surface area (Å²) in [4.78, 5) is 20.1. The molecule has 0 spiro atoms. The van der Waals surface area contributed by atoms with Crippen molar-refractivity contribution in [1.29, 1.82) is 0 Å². The molecule has 88 valence electrons. The highest BCUT2D eigenvalue weighted by atomic mass is 32.1. The Hall–Kier alpha value is -1.69. The Kier molecular flexibility index (Phi) is 2.25. The number of thiazole rings is 1. The van der Waals surface area contributed by atoms with E-state index in [-0.39, 0.29) is 5.69 Å². The van der Waals surface area contributed by atoms with Crippen LogP contribution < -0.4 is 0 Å². The molecule has 1 aliphatic carbocycles. The van der Waals surface area contributed by atoms with E-state index in [1.807, 2.05) is 6.20 Å². The second kappa shape index (κ2) is 3.66. The van der Waals surface area contributed by atoms with Crippen LogP contribution in [0.2, 0.25) is 0 Å². The van der Waals surface area contributed by atoms with Crippen molar-refractivity contribution in [3.63, 3.8) is 0 Å². The zero-order valence-electron chi connectivity index (χ0n) is 9.25. The molecular formula is C11H11N3O2S. The van der Waals surface area contributed by atoms with Crippen LogP contribution in [0.5, 0.6) is 0 Å². The van der Waals surface area contributed by atoms with Crippen molar-refractivity contribution in [2.75, 3.05) is 0 Å². The lowest BCUT2D eigenvalue weighted by Gasteiger charge is -1.92. The average molecular weight is 249 g/mol. The highest BCUT2D eigenvalue weighted by molar-refractivity contribution is 7.14. The number of hydrogen-bond acceptors (Lipinski definition) is 4. The van der Waals surface area contributed by atoms with E-state index in [4.69, 9.17) is 5.11 Å². The van der Waals surface area contributed by atoms with Crippen molar-refractivity contribution in [1.82, 2.24) is 14.5 Å². The fraction of sp³-hybridized carbons (Fsp3) is 0.364. The van der Waals surface area contributed by atoms with Gasteiger partial charge in [-0.3, -0.25) is 4.57 Å². The Bertz CT molecular complexity index is 583. The van der Waals surface area contributed by atoms with Crippen LogP contribution in [0.3, 0.4) is 0 Å². The number of aryl methyl sites for hydroxylation is 1. The van der Waals surface area contributed by atoms with E-state index < -0.39 is 5.97 Å². The number of nitrogens with zero attached hydrogens (tertiary/aromatic N) is 3. The van der Waals surface area contributed by atoms with Crippen LogP contribution in [0.4, 0.5) is 0 Å². The molecule has 2 aromatic heterocycles. The third-order valence-corrected chi connectivity index (χ3v) is 3.79. The molecule has 1 aliphatic rings. The Labute approximate surface area is 102 Å². The molecule has 17 heavy (non-hydrogen) atoms. The zero-order chi connectivity index (χ0) is 12.0. The van der Waals surface area contributed by atoms with Gasteiger partial charge in [-0.1, -0.05) is 0 Å². The van der Waals surface area contributed by atoms with Crippen molar-refractivity contribution in [3.8, 4) is 5.13 Å². The molecule has 0 amide bonds. The number of aromatic carboxylic acids is 1. The molecule has 2 heterocycles. The predicted octanol–water partition coefficient (Wildman–Crippen LogP) is 2.21. The maximum Gasteiger partial charge on any atom is 0.355 e. The third-order valence-electron chi connectivity index (χ3n) is 2.81. The maximum atomic E-state index is 10.9. The van der Waals surface area contributed by atoms with Crippen LogP contribution in [0.25, 0.3) is 5.13 Å². The van der Waals surface area contributed by atoms with Crippen LogP contribution >= 0.6 is 11.3 Å². The fourth-order valence-electron chi connectivity index (χ4n) is 1.72. The minimum Gasteiger partial charge on any atom is -0.476 e. The van der Waals surface area contributed by atoms with Gasteiger partial charge in [-0.05, 0) is 19.8 Å². The summed E-state index contributed by atoms with van der Waals surface area (Å²) in [6, 6.07) is 0. The summed E-state index contributed by atoms with van der Waals surface area (Å²) in [6.45, 7) is 1.77. The highest BCUT2D eigenvalue weighted by Gasteiger charge is 2.26. The third kappa shape index (κ3) is 1.84. The molecular weight excluding hydrogens is 238 g/mol. The van der Waals surface area contributed by atoms with Gasteiger partial charge in [-0.15, -0.1) is 11.3 Å². The second-order valence-corrected chi connectivity index (χ2v) is 5.37. The molecule has 0 unspecified atom stereocenters. The Morgan fingerprint density at radius 3 is 2.94 bits per heavy atom. The van der Waals surface area contributed by atoms with Gasteiger partial charge in [0.2, 0.25) is 0 Å². The first-order valence-corrected chi connectivity index (χ1v) is 6.22. The Morgan fingerprint density at radius 1 is 1.59 bits per heavy atom. The van der Waals surface area contributed by atoms with Gasteiger partial charge in [-0.25, -0.2) is 14.8 Å². The molecule has 1 saturated carbocycles. The van der Waals surface area contributed by atoms with Gasteiger partial charge in [0.05, 0.1) is 5.69 Å². The predicted molar refractivity (Wildman–Crippen MR) is 62.9 cm³/mol. The van der Waals surface area contributed by atoms with Crippen molar-refractivity contribution in [2.24, 2.45) is 0 Å². The fourth-order valence-corrected chi connectivity index (χ4v) is 2.57. The first-order chi connectivity index (χ1) is 8.15. The monoisotopic (exact) mass is 249 g/mol. The standard InChI is InChI=1S/C11H11N3O2S/c1-6-9(10(15)16)13-11(17-6)14-4-8(12-5-14)7-2-3-7/h4-5,7H,2-3H2,1H3,(H,15,16). The minimum atomic E-state index is -0.979. The van der Waals surface area contributed by atoms with Gasteiger partial charge in [0.25, 0.3) is 0 Å². The molecule has 1 N–H and O–H groups in total. The molecule has 0 radical (unpaired) electrons. The van der Waals surface area contributed by atoms with Gasteiger partial charge in [0.15, 0.2) is 10.8 Å². The molecule has 6 heteroatoms. The molecule has 0 atom stereocenters. The van der Waals surface area contributed by atoms with Crippen molar-refractivity contribution in [3.05, 3.63) is 28.8 Å². The largest absolute Gasteiger partial charge is 0.476 e. The highest BCUT2D eigenvalue weighted by Crippen LogP contribution is 2.39. The van der Waals surface area contributed by atoms with E-state index >= 15 is 0 Å². The van der Waals surface area contributed by atoms with E-state index in [1.54, 1.807) is 17.8 Å². The van der Waals surface area contributed by atoms with Gasteiger partial charge >= 0.3 is 5.97 Å². The summed E-state index contributed by atoms with van der Waals surface area (Å²) in [5.41, 5.74) is 1.21. The lowest BCUT2D eigenvalue weighted by Crippen LogP contribution is -1.99. The van der Waals surface area contributed by atoms with Gasteiger partial charge < -0.3 is 5.11 Å². The normalized spacial score (nSPS) is 15.1. The second-order valence-electron chi connectivity index (χ2n) is 4.19. The van der Waals surface area contributed by atoms with Crippen LogP contribution in [0.1, 0.15) is 39.8 Å². The molecule has 5 nitrogen and oxygen atoms in total. The number of aromatic nitrogens is 3. The Balaban J connectivity index is 1.96. The van der Waals surface area contributed by atoms with Crippen LogP contribution in [0, 0.1) is 6.92 Å². The first kappa shape index (κ1) is 10.5. The first-order valence-electron chi connectivity index (χ1n) is 5.40. The van der Waals surface area contributed by atoms with Crippen molar-refractivity contribution in [2.45, 2.75) is 25.7 Å². The van der Waals surface area contributed by atoms with Crippen LogP contribution in [-0.2, 0) is 0 Å². The summed E-state index contributed by atoms with van der Waals surface area (Å²) in [5, 5.41) is 9.61. The summed E-state index contributed by atoms with van der Waals surface area (Å²) in [5.74, 6) is -0.385. The Morgan fingerprint density at radius 2 is 2.35 bits per heavy atom. The molecule has 1 fully saturated rings. The molecule has 0 aliphatic heterocycles. The SMILES string of the molecule is Cc1sc(-n2cnc(C3CC3)c2)nc1C(=O)O. The lowest BCUT2D eigenvalue weighted by molar-refractivity contribution is 0.0690. The van der Waals surface area contributed by atoms with E-state index in [9.17, 15) is 4.79 Å². The number of rotatable bonds is 3. The van der Waals surface area contributed by atoms with Gasteiger partial charge in [0.1, 0.15) is 6.33 Å². The zero-order valence-corrected chi connectivity index (χ0v) is 10.1. The van der Waals surface area contributed by atoms with Crippen molar-refractivity contribution >= 4 is 17.3 Å². The summed E-state index contributed by atoms with van der Waals surface area (Å²) < 4.78 is 1.80. The van der Waals surface area contributed by atoms with Crippen molar-refractivity contribution < 1.29 is 9.90 Å². The van der Waals surface area contributed by atoms with E-state index in [1.165, 1.54) is 24.2 Å². The van der Waals surface area contributed by atoms with E-state index in [0.29, 0.717) is 15.9 Å². The number of hydrogen-bond donors (Lipinski definition) is 1. The molecule has 3 rings (SSSR count). The number of carboxylic acids is 1. The minimum absolute atomic E-state index is 0.131. The van der Waals surface area contributed by atoms with E-state index in [2.05, 4.69) is 9.97 Å². The van der Waals surface area contributed by atoms with Gasteiger partial charge in [0, 0.05) is 17.0 Å². The molecule has 0 bridgehead atoms. The van der Waals surface area contributed by atoms with E-state index in [0.717, 1.165) is 5.69 Å². The topological polar surface area (TPSA) is 68.0 Å². The van der Waals surface area contributed by atoms with Crippen LogP contribution in [-0.4, -0.2) is 25.6 Å². The number of carboxylic acid groups (broad SMARTS) is 1. The number of imidazole rings is 1. The average Bonchev–Trinajstić information content (AvgIpc) is 2.88. The van der Waals surface area contributed by atoms with Gasteiger partial charge in [-0.2, -0.15) is 0 Å². The smallest absolute Gasteiger partial charge is 0.355 e. The summed E-state index contributed by atoms with van der Waals surface area (Å²) in [7, 11) is 0. The molecule has 0 saturated heterocycles. The maximum absolute atomic E-state index is 10.9. The molecule has 2 aromatic rings. The van der Waals surface area contributed by atoms with Crippen LogP contribution in [0.15, 0.2) is 12.5 Å². The number of carbonyl (C=O) groups is 1. The lowest BCUT2D eigenvalue weighted by atomic mass is 10.3. The molecule has 0 aromatic carbocycles. The summed E-state index contributed by atoms with van der Waals surface area (Å²) >= 11 is 1.37. The quantitative estimate of drug-likeness (QED) is 0.905. The summed E-state index contributed by atoms with van der Waals surface area (Å²) in [6.07, 6.45) is 6.06.